The van der Waals surface area contributed by atoms with Crippen LogP contribution in [0.1, 0.15) is 13.8 Å². The van der Waals surface area contributed by atoms with Crippen molar-refractivity contribution >= 4 is 23.5 Å². The Labute approximate surface area is 73.7 Å². The minimum absolute atomic E-state index is 0.691. The van der Waals surface area contributed by atoms with E-state index in [2.05, 4.69) is 0 Å². The van der Waals surface area contributed by atoms with Crippen LogP contribution in [0.5, 0.6) is 0 Å². The molecular formula is C7H8N2O4. The number of carbonyl (C=O) groups excluding carboxylic acids is 4. The lowest BCUT2D eigenvalue weighted by atomic mass is 9.91. The number of urea groups is 1. The summed E-state index contributed by atoms with van der Waals surface area (Å²) in [6, 6.07) is -0.824. The fraction of sp³-hybridized carbons (Fsp3) is 0.429. The van der Waals surface area contributed by atoms with Crippen LogP contribution < -0.4 is 10.6 Å². The van der Waals surface area contributed by atoms with Gasteiger partial charge in [0.05, 0.1) is 0 Å². The van der Waals surface area contributed by atoms with E-state index < -0.39 is 29.0 Å². The highest BCUT2D eigenvalue weighted by Crippen LogP contribution is 2.13. The minimum Gasteiger partial charge on any atom is -0.311 e. The van der Waals surface area contributed by atoms with Gasteiger partial charge >= 0.3 is 6.03 Å². The van der Waals surface area contributed by atoms with E-state index >= 15 is 0 Å². The Morgan fingerprint density at radius 1 is 1.15 bits per heavy atom. The predicted molar refractivity (Wildman–Crippen MR) is 40.8 cm³/mol. The van der Waals surface area contributed by atoms with Crippen LogP contribution in [0.25, 0.3) is 0 Å². The summed E-state index contributed by atoms with van der Waals surface area (Å²) in [5, 5.41) is 3.86. The first-order valence-corrected chi connectivity index (χ1v) is 3.57. The predicted octanol–water partition coefficient (Wildman–Crippen LogP) is -1.26. The van der Waals surface area contributed by atoms with Crippen LogP contribution in [0.4, 0.5) is 4.79 Å². The summed E-state index contributed by atoms with van der Waals surface area (Å²) in [4.78, 5) is 44.0. The van der Waals surface area contributed by atoms with Gasteiger partial charge in [-0.2, -0.15) is 0 Å². The second kappa shape index (κ2) is 2.65. The Kier molecular flexibility index (Phi) is 1.91. The summed E-state index contributed by atoms with van der Waals surface area (Å²) >= 11 is 0. The van der Waals surface area contributed by atoms with E-state index in [4.69, 9.17) is 0 Å². The molecule has 1 saturated heterocycles. The van der Waals surface area contributed by atoms with E-state index in [9.17, 15) is 19.2 Å². The largest absolute Gasteiger partial charge is 0.323 e. The van der Waals surface area contributed by atoms with Crippen molar-refractivity contribution in [2.45, 2.75) is 19.4 Å². The monoisotopic (exact) mass is 184 g/mol. The molecule has 1 fully saturated rings. The molecule has 0 aromatic rings. The molecule has 0 unspecified atom stereocenters. The zero-order valence-corrected chi connectivity index (χ0v) is 7.13. The average Bonchev–Trinajstić information content (AvgIpc) is 2.26. The van der Waals surface area contributed by atoms with Crippen molar-refractivity contribution in [2.24, 2.45) is 0 Å². The Bertz CT molecular complexity index is 306. The molecule has 0 atom stereocenters. The third kappa shape index (κ3) is 1.10. The van der Waals surface area contributed by atoms with Gasteiger partial charge in [0, 0.05) is 0 Å². The first-order chi connectivity index (χ1) is 5.91. The van der Waals surface area contributed by atoms with Gasteiger partial charge in [0.25, 0.3) is 5.91 Å². The van der Waals surface area contributed by atoms with Crippen LogP contribution in [0.2, 0.25) is 0 Å². The molecule has 0 spiro atoms. The molecule has 0 aromatic heterocycles. The van der Waals surface area contributed by atoms with Gasteiger partial charge in [-0.3, -0.25) is 19.7 Å². The maximum atomic E-state index is 11.2. The third-order valence-electron chi connectivity index (χ3n) is 1.92. The van der Waals surface area contributed by atoms with Crippen LogP contribution in [0, 0.1) is 0 Å². The summed E-state index contributed by atoms with van der Waals surface area (Å²) in [5.41, 5.74) is -2.00. The maximum absolute atomic E-state index is 11.2. The molecule has 1 heterocycles. The molecule has 6 heteroatoms. The zero-order chi connectivity index (χ0) is 10.2. The summed E-state index contributed by atoms with van der Waals surface area (Å²) in [6.45, 7) is 2.15. The lowest BCUT2D eigenvalue weighted by molar-refractivity contribution is -0.140. The van der Waals surface area contributed by atoms with E-state index in [0.717, 1.165) is 13.8 Å². The smallest absolute Gasteiger partial charge is 0.311 e. The Hall–Kier alpha value is -1.72. The van der Waals surface area contributed by atoms with E-state index in [1.165, 1.54) is 0 Å². The van der Waals surface area contributed by atoms with Gasteiger partial charge in [-0.25, -0.2) is 4.79 Å². The van der Waals surface area contributed by atoms with Gasteiger partial charge in [0.1, 0.15) is 0 Å². The Balaban J connectivity index is 3.20. The van der Waals surface area contributed by atoms with E-state index in [0.29, 0.717) is 0 Å². The van der Waals surface area contributed by atoms with Gasteiger partial charge in [-0.15, -0.1) is 0 Å². The van der Waals surface area contributed by atoms with Crippen molar-refractivity contribution in [3.8, 4) is 0 Å². The summed E-state index contributed by atoms with van der Waals surface area (Å²) in [7, 11) is 0. The number of rotatable bonds is 2. The van der Waals surface area contributed by atoms with Gasteiger partial charge < -0.3 is 5.32 Å². The number of amides is 3. The van der Waals surface area contributed by atoms with Gasteiger partial charge in [0.15, 0.2) is 11.6 Å². The van der Waals surface area contributed by atoms with Crippen LogP contribution in [-0.2, 0) is 14.4 Å². The number of carbonyl (C=O) groups is 4. The highest BCUT2D eigenvalue weighted by molar-refractivity contribution is 6.34. The number of nitrogens with one attached hydrogen (secondary N) is 2. The molecule has 6 nitrogen and oxygen atoms in total. The zero-order valence-electron chi connectivity index (χ0n) is 7.13. The minimum atomic E-state index is -2.00. The second-order valence-electron chi connectivity index (χ2n) is 2.77. The lowest BCUT2D eigenvalue weighted by Crippen LogP contribution is -2.58. The summed E-state index contributed by atoms with van der Waals surface area (Å²) < 4.78 is 0. The van der Waals surface area contributed by atoms with Crippen LogP contribution >= 0.6 is 0 Å². The SMILES string of the molecule is CC(=O)C1(C(C)=O)NC(=O)NC1=O. The molecule has 1 rings (SSSR count). The first-order valence-electron chi connectivity index (χ1n) is 3.57. The third-order valence-corrected chi connectivity index (χ3v) is 1.92. The molecule has 3 amide bonds. The Morgan fingerprint density at radius 3 is 1.77 bits per heavy atom. The number of ketones is 2. The number of Topliss-reactive ketones (excluding diaryl/α,β-unsaturated/α-hetero) is 2. The molecule has 0 saturated carbocycles. The molecule has 0 aromatic carbocycles. The van der Waals surface area contributed by atoms with Crippen molar-refractivity contribution in [1.29, 1.82) is 0 Å². The standard InChI is InChI=1S/C7H8N2O4/c1-3(10)7(4(2)11)5(12)8-6(13)9-7/h1-2H3,(H2,8,9,12,13). The van der Waals surface area contributed by atoms with Crippen molar-refractivity contribution in [3.63, 3.8) is 0 Å². The molecule has 0 bridgehead atoms. The number of hydrogen-bond donors (Lipinski definition) is 2. The van der Waals surface area contributed by atoms with E-state index in [-0.39, 0.29) is 0 Å². The van der Waals surface area contributed by atoms with Crippen LogP contribution in [0.3, 0.4) is 0 Å². The number of hydrogen-bond acceptors (Lipinski definition) is 4. The van der Waals surface area contributed by atoms with E-state index in [1.807, 2.05) is 10.6 Å². The highest BCUT2D eigenvalue weighted by atomic mass is 16.2. The first kappa shape index (κ1) is 9.37. The fourth-order valence-electron chi connectivity index (χ4n) is 1.20. The second-order valence-corrected chi connectivity index (χ2v) is 2.77. The molecule has 70 valence electrons. The highest BCUT2D eigenvalue weighted by Gasteiger charge is 2.54. The molecule has 13 heavy (non-hydrogen) atoms. The van der Waals surface area contributed by atoms with Crippen LogP contribution in [0.15, 0.2) is 0 Å². The summed E-state index contributed by atoms with van der Waals surface area (Å²) in [5.74, 6) is -2.29. The normalized spacial score (nSPS) is 19.2. The van der Waals surface area contributed by atoms with Crippen LogP contribution in [-0.4, -0.2) is 29.0 Å². The molecule has 1 aliphatic heterocycles. The maximum Gasteiger partial charge on any atom is 0.323 e. The van der Waals surface area contributed by atoms with Gasteiger partial charge in [-0.05, 0) is 13.8 Å². The molecule has 0 radical (unpaired) electrons. The Morgan fingerprint density at radius 2 is 1.62 bits per heavy atom. The quantitative estimate of drug-likeness (QED) is 0.414. The topological polar surface area (TPSA) is 92.3 Å². The average molecular weight is 184 g/mol. The van der Waals surface area contributed by atoms with Gasteiger partial charge in [0.2, 0.25) is 5.54 Å². The van der Waals surface area contributed by atoms with Crippen molar-refractivity contribution < 1.29 is 19.2 Å². The van der Waals surface area contributed by atoms with Crippen molar-refractivity contribution in [3.05, 3.63) is 0 Å². The van der Waals surface area contributed by atoms with Gasteiger partial charge in [-0.1, -0.05) is 0 Å². The molecule has 1 aliphatic rings. The number of imide groups is 1. The fourth-order valence-corrected chi connectivity index (χ4v) is 1.20. The van der Waals surface area contributed by atoms with E-state index in [1.54, 1.807) is 0 Å². The van der Waals surface area contributed by atoms with Crippen molar-refractivity contribution in [1.82, 2.24) is 10.6 Å². The molecule has 2 N–H and O–H groups in total. The van der Waals surface area contributed by atoms with Crippen molar-refractivity contribution in [2.75, 3.05) is 0 Å². The summed E-state index contributed by atoms with van der Waals surface area (Å²) in [6.07, 6.45) is 0. The molecular weight excluding hydrogens is 176 g/mol. The lowest BCUT2D eigenvalue weighted by Gasteiger charge is -2.18. The molecule has 0 aliphatic carbocycles.